The molecule has 11 heteroatoms. The molecule has 1 aliphatic carbocycles. The highest BCUT2D eigenvalue weighted by Crippen LogP contribution is 2.40. The summed E-state index contributed by atoms with van der Waals surface area (Å²) in [5.74, 6) is 0.561. The quantitative estimate of drug-likeness (QED) is 0.126. The maximum atomic E-state index is 13.3. The van der Waals surface area contributed by atoms with Crippen molar-refractivity contribution >= 4 is 17.4 Å². The van der Waals surface area contributed by atoms with E-state index in [1.165, 1.54) is 13.2 Å². The van der Waals surface area contributed by atoms with Crippen LogP contribution in [0.1, 0.15) is 62.7 Å². The van der Waals surface area contributed by atoms with Crippen LogP contribution in [0.25, 0.3) is 16.9 Å². The minimum absolute atomic E-state index is 0.0422. The summed E-state index contributed by atoms with van der Waals surface area (Å²) >= 11 is 0. The van der Waals surface area contributed by atoms with Gasteiger partial charge in [0.1, 0.15) is 28.5 Å². The van der Waals surface area contributed by atoms with Crippen molar-refractivity contribution in [3.8, 4) is 28.5 Å². The average molecular weight is 600 g/mol. The van der Waals surface area contributed by atoms with Crippen LogP contribution in [0.3, 0.4) is 0 Å². The third-order valence-electron chi connectivity index (χ3n) is 8.35. The van der Waals surface area contributed by atoms with Gasteiger partial charge in [0.25, 0.3) is 0 Å². The third kappa shape index (κ3) is 7.26. The highest BCUT2D eigenvalue weighted by molar-refractivity contribution is 6.02. The number of likely N-dealkylation sites (tertiary alicyclic amines) is 1. The zero-order valence-electron chi connectivity index (χ0n) is 24.9. The van der Waals surface area contributed by atoms with Crippen molar-refractivity contribution in [2.75, 3.05) is 40.0 Å². The van der Waals surface area contributed by atoms with Gasteiger partial charge in [0.15, 0.2) is 5.78 Å². The van der Waals surface area contributed by atoms with Crippen LogP contribution in [0, 0.1) is 11.3 Å². The molecule has 1 saturated heterocycles. The fourth-order valence-corrected chi connectivity index (χ4v) is 5.57. The minimum atomic E-state index is -3.09. The molecule has 0 spiro atoms. The summed E-state index contributed by atoms with van der Waals surface area (Å²) in [4.78, 5) is 32.0. The van der Waals surface area contributed by atoms with Gasteiger partial charge in [-0.3, -0.25) is 14.0 Å². The molecule has 3 aromatic rings. The number of ether oxygens (including phenoxy) is 4. The van der Waals surface area contributed by atoms with Gasteiger partial charge in [0, 0.05) is 30.8 Å². The van der Waals surface area contributed by atoms with Gasteiger partial charge in [-0.1, -0.05) is 0 Å². The first-order valence-corrected chi connectivity index (χ1v) is 14.9. The molecule has 1 aliphatic heterocycles. The first kappa shape index (κ1) is 30.7. The molecule has 1 aromatic carbocycles. The van der Waals surface area contributed by atoms with E-state index in [-0.39, 0.29) is 41.2 Å². The number of pyridine rings is 1. The number of carbonyl (C=O) groups is 2. The Morgan fingerprint density at radius 1 is 1.14 bits per heavy atom. The van der Waals surface area contributed by atoms with Crippen molar-refractivity contribution in [2.24, 2.45) is 11.3 Å². The fraction of sp³-hybridized carbons (Fsp3) is 0.531. The second-order valence-corrected chi connectivity index (χ2v) is 11.6. The largest absolute Gasteiger partial charge is 0.496 e. The molecule has 232 valence electrons. The Bertz CT molecular complexity index is 1450. The molecule has 0 N–H and O–H groups in total. The van der Waals surface area contributed by atoms with Gasteiger partial charge < -0.3 is 23.8 Å². The lowest BCUT2D eigenvalue weighted by atomic mass is 9.80. The number of nitrogens with zero attached hydrogens (tertiary/aromatic N) is 3. The van der Waals surface area contributed by atoms with Crippen LogP contribution in [0.4, 0.5) is 8.78 Å². The summed E-state index contributed by atoms with van der Waals surface area (Å²) in [5, 5.41) is 0. The normalized spacial score (nSPS) is 16.8. The van der Waals surface area contributed by atoms with Gasteiger partial charge in [0.05, 0.1) is 37.6 Å². The van der Waals surface area contributed by atoms with Crippen molar-refractivity contribution < 1.29 is 37.3 Å². The summed E-state index contributed by atoms with van der Waals surface area (Å²) in [6.07, 6.45) is 8.04. The van der Waals surface area contributed by atoms with E-state index in [1.54, 1.807) is 18.5 Å². The van der Waals surface area contributed by atoms with E-state index in [2.05, 4.69) is 9.88 Å². The number of rotatable bonds is 14. The summed E-state index contributed by atoms with van der Waals surface area (Å²) in [5.41, 5.74) is 1.41. The molecule has 0 atom stereocenters. The van der Waals surface area contributed by atoms with Crippen LogP contribution in [0.15, 0.2) is 36.7 Å². The monoisotopic (exact) mass is 599 g/mol. The van der Waals surface area contributed by atoms with Crippen LogP contribution in [-0.4, -0.2) is 72.6 Å². The molecule has 0 amide bonds. The molecule has 5 rings (SSSR count). The number of methoxy groups -OCH3 is 1. The van der Waals surface area contributed by atoms with E-state index in [0.717, 1.165) is 51.7 Å². The van der Waals surface area contributed by atoms with Crippen LogP contribution in [0.5, 0.6) is 17.2 Å². The molecule has 2 aromatic heterocycles. The molecule has 9 nitrogen and oxygen atoms in total. The Morgan fingerprint density at radius 2 is 1.88 bits per heavy atom. The average Bonchev–Trinajstić information content (AvgIpc) is 3.70. The van der Waals surface area contributed by atoms with Gasteiger partial charge in [-0.25, -0.2) is 4.98 Å². The number of Topliss-reactive ketones (excluding diaryl/α,β-unsaturated/α-hetero) is 1. The predicted molar refractivity (Wildman–Crippen MR) is 156 cm³/mol. The van der Waals surface area contributed by atoms with Crippen molar-refractivity contribution in [2.45, 2.75) is 59.0 Å². The number of piperidine rings is 1. The number of esters is 1. The van der Waals surface area contributed by atoms with Gasteiger partial charge in [-0.05, 0) is 83.2 Å². The Kier molecular flexibility index (Phi) is 9.49. The molecule has 2 fully saturated rings. The highest BCUT2D eigenvalue weighted by Gasteiger charge is 2.38. The number of ketones is 1. The zero-order valence-corrected chi connectivity index (χ0v) is 24.9. The lowest BCUT2D eigenvalue weighted by molar-refractivity contribution is -0.157. The molecule has 0 unspecified atom stereocenters. The Labute approximate surface area is 250 Å². The number of imidazole rings is 1. The second-order valence-electron chi connectivity index (χ2n) is 11.6. The molecule has 43 heavy (non-hydrogen) atoms. The third-order valence-corrected chi connectivity index (χ3v) is 8.35. The summed E-state index contributed by atoms with van der Waals surface area (Å²) in [7, 11) is 1.41. The fourth-order valence-electron chi connectivity index (χ4n) is 5.57. The maximum Gasteiger partial charge on any atom is 0.387 e. The SMILES string of the molecule is CCOC(=O)C1(C)CCN(CCCOc2ccn3c(-c4cc(OC)c(C(=O)CC5CC5)c(OC(F)F)c4)cnc3c2)CC1. The molecule has 2 aliphatic rings. The lowest BCUT2D eigenvalue weighted by Crippen LogP contribution is -2.43. The lowest BCUT2D eigenvalue weighted by Gasteiger charge is -2.37. The maximum absolute atomic E-state index is 13.3. The number of halogens is 2. The number of hydrogen-bond donors (Lipinski definition) is 0. The Balaban J connectivity index is 1.23. The van der Waals surface area contributed by atoms with E-state index in [4.69, 9.17) is 18.9 Å². The first-order chi connectivity index (χ1) is 20.7. The first-order valence-electron chi connectivity index (χ1n) is 14.9. The smallest absolute Gasteiger partial charge is 0.387 e. The number of hydrogen-bond acceptors (Lipinski definition) is 8. The highest BCUT2D eigenvalue weighted by atomic mass is 19.3. The van der Waals surface area contributed by atoms with Crippen molar-refractivity contribution in [3.63, 3.8) is 0 Å². The number of carbonyl (C=O) groups excluding carboxylic acids is 2. The molecule has 1 saturated carbocycles. The zero-order chi connectivity index (χ0) is 30.6. The summed E-state index contributed by atoms with van der Waals surface area (Å²) < 4.78 is 50.0. The number of aromatic nitrogens is 2. The van der Waals surface area contributed by atoms with Crippen molar-refractivity contribution in [3.05, 3.63) is 42.2 Å². The van der Waals surface area contributed by atoms with Crippen LogP contribution >= 0.6 is 0 Å². The van der Waals surface area contributed by atoms with E-state index in [0.29, 0.717) is 35.9 Å². The topological polar surface area (TPSA) is 91.6 Å². The van der Waals surface area contributed by atoms with Crippen LogP contribution in [0.2, 0.25) is 0 Å². The van der Waals surface area contributed by atoms with Gasteiger partial charge in [-0.15, -0.1) is 0 Å². The number of fused-ring (bicyclic) bond motifs is 1. The van der Waals surface area contributed by atoms with Crippen molar-refractivity contribution in [1.29, 1.82) is 0 Å². The predicted octanol–water partition coefficient (Wildman–Crippen LogP) is 6.03. The van der Waals surface area contributed by atoms with Gasteiger partial charge >= 0.3 is 12.6 Å². The van der Waals surface area contributed by atoms with E-state index >= 15 is 0 Å². The van der Waals surface area contributed by atoms with Crippen molar-refractivity contribution in [1.82, 2.24) is 14.3 Å². The number of alkyl halides is 2. The van der Waals surface area contributed by atoms with Crippen LogP contribution in [-0.2, 0) is 9.53 Å². The molecular weight excluding hydrogens is 560 g/mol. The Morgan fingerprint density at radius 3 is 2.56 bits per heavy atom. The standard InChI is InChI=1S/C32H39F2N3O6/c1-4-41-30(39)32(2)9-13-36(14-10-32)11-5-15-42-23-8-12-37-24(20-35-28(37)19-23)22-17-26(40-3)29(25(38)16-21-6-7-21)27(18-22)43-31(33)34/h8,12,17-21,31H,4-7,9-11,13-16H2,1-3H3. The second kappa shape index (κ2) is 13.3. The van der Waals surface area contributed by atoms with Crippen LogP contribution < -0.4 is 14.2 Å². The van der Waals surface area contributed by atoms with E-state index in [9.17, 15) is 18.4 Å². The van der Waals surface area contributed by atoms with Gasteiger partial charge in [-0.2, -0.15) is 8.78 Å². The van der Waals surface area contributed by atoms with Gasteiger partial charge in [0.2, 0.25) is 0 Å². The minimum Gasteiger partial charge on any atom is -0.496 e. The van der Waals surface area contributed by atoms with E-state index < -0.39 is 12.0 Å². The molecule has 0 radical (unpaired) electrons. The Hall–Kier alpha value is -3.73. The molecular formula is C32H39F2N3O6. The molecule has 0 bridgehead atoms. The number of benzene rings is 1. The van der Waals surface area contributed by atoms with E-state index in [1.807, 2.05) is 30.4 Å². The molecule has 3 heterocycles. The summed E-state index contributed by atoms with van der Waals surface area (Å²) in [6.45, 7) is 4.24. The summed E-state index contributed by atoms with van der Waals surface area (Å²) in [6, 6.07) is 6.74.